The fourth-order valence-electron chi connectivity index (χ4n) is 4.98. The van der Waals surface area contributed by atoms with E-state index >= 15 is 0 Å². The molecule has 4 heterocycles. The Bertz CT molecular complexity index is 1120. The number of halogens is 1. The smallest absolute Gasteiger partial charge is 0.234 e. The van der Waals surface area contributed by atoms with Gasteiger partial charge in [-0.15, -0.1) is 0 Å². The average molecular weight is 439 g/mol. The van der Waals surface area contributed by atoms with Gasteiger partial charge in [0, 0.05) is 22.5 Å². The van der Waals surface area contributed by atoms with Crippen LogP contribution < -0.4 is 19.7 Å². The molecule has 8 heteroatoms. The molecule has 0 saturated carbocycles. The molecule has 7 nitrogen and oxygen atoms in total. The Labute approximate surface area is 183 Å². The summed E-state index contributed by atoms with van der Waals surface area (Å²) in [5, 5.41) is 3.53. The number of amides is 2. The molecule has 4 atom stereocenters. The maximum atomic E-state index is 13.4. The van der Waals surface area contributed by atoms with E-state index in [-0.39, 0.29) is 11.8 Å². The Morgan fingerprint density at radius 2 is 1.87 bits per heavy atom. The van der Waals surface area contributed by atoms with Crippen LogP contribution in [0.4, 0.5) is 11.4 Å². The van der Waals surface area contributed by atoms with E-state index in [2.05, 4.69) is 5.32 Å². The zero-order valence-electron chi connectivity index (χ0n) is 16.4. The van der Waals surface area contributed by atoms with Gasteiger partial charge in [-0.3, -0.25) is 9.59 Å². The lowest BCUT2D eigenvalue weighted by molar-refractivity contribution is -0.128. The highest BCUT2D eigenvalue weighted by Gasteiger charge is 2.67. The third-order valence-corrected chi connectivity index (χ3v) is 6.60. The van der Waals surface area contributed by atoms with Crippen molar-refractivity contribution in [2.75, 3.05) is 30.0 Å². The summed E-state index contributed by atoms with van der Waals surface area (Å²) < 4.78 is 17.3. The van der Waals surface area contributed by atoms with Gasteiger partial charge in [0.2, 0.25) is 11.8 Å². The van der Waals surface area contributed by atoms with Gasteiger partial charge in [0.15, 0.2) is 11.5 Å². The molecule has 2 amide bonds. The van der Waals surface area contributed by atoms with Gasteiger partial charge in [0.25, 0.3) is 0 Å². The number of fused-ring (bicyclic) bond motifs is 2. The highest BCUT2D eigenvalue weighted by Crippen LogP contribution is 2.53. The highest BCUT2D eigenvalue weighted by molar-refractivity contribution is 6.30. The number of ether oxygens (including phenoxy) is 3. The summed E-state index contributed by atoms with van der Waals surface area (Å²) in [6.07, 6.45) is 3.41. The zero-order valence-corrected chi connectivity index (χ0v) is 17.2. The number of nitrogens with zero attached hydrogens (tertiary/aromatic N) is 1. The van der Waals surface area contributed by atoms with Gasteiger partial charge in [-0.25, -0.2) is 0 Å². The summed E-state index contributed by atoms with van der Waals surface area (Å²) in [5.41, 5.74) is 0.551. The first-order valence-corrected chi connectivity index (χ1v) is 10.6. The van der Waals surface area contributed by atoms with Gasteiger partial charge in [-0.2, -0.15) is 0 Å². The van der Waals surface area contributed by atoms with Gasteiger partial charge in [0.05, 0.1) is 24.5 Å². The minimum absolute atomic E-state index is 0.114. The van der Waals surface area contributed by atoms with Crippen molar-refractivity contribution < 1.29 is 23.8 Å². The van der Waals surface area contributed by atoms with Gasteiger partial charge in [-0.05, 0) is 36.4 Å². The largest absolute Gasteiger partial charge is 0.486 e. The third-order valence-electron chi connectivity index (χ3n) is 6.35. The van der Waals surface area contributed by atoms with Crippen LogP contribution in [-0.4, -0.2) is 43.3 Å². The van der Waals surface area contributed by atoms with Crippen LogP contribution in [0.1, 0.15) is 0 Å². The minimum atomic E-state index is -0.782. The number of anilines is 2. The SMILES string of the molecule is O=C(Nc1ccc2c(c1)OCCO2)[C@@H]1[C@H]2C=C[C@]3(CN(c4ccc(Cl)cc4)C(=O)[C@@H]13)O2. The molecule has 4 aliphatic heterocycles. The van der Waals surface area contributed by atoms with Crippen molar-refractivity contribution >= 4 is 34.8 Å². The fourth-order valence-corrected chi connectivity index (χ4v) is 5.11. The predicted molar refractivity (Wildman–Crippen MR) is 114 cm³/mol. The standard InChI is InChI=1S/C23H19ClN2O5/c24-13-1-4-15(5-2-13)26-12-23-8-7-17(31-23)19(20(23)22(26)28)21(27)25-14-3-6-16-18(11-14)30-10-9-29-16/h1-8,11,17,19-20H,9-10,12H2,(H,25,27)/t17-,19-,20-,23-/m1/s1. The Balaban J connectivity index is 1.27. The van der Waals surface area contributed by atoms with Crippen LogP contribution in [0, 0.1) is 11.8 Å². The molecule has 2 aromatic rings. The van der Waals surface area contributed by atoms with Crippen LogP contribution in [0.25, 0.3) is 0 Å². The number of hydrogen-bond donors (Lipinski definition) is 1. The highest BCUT2D eigenvalue weighted by atomic mass is 35.5. The predicted octanol–water partition coefficient (Wildman–Crippen LogP) is 3.04. The van der Waals surface area contributed by atoms with Crippen LogP contribution in [0.15, 0.2) is 54.6 Å². The second kappa shape index (κ2) is 6.73. The quantitative estimate of drug-likeness (QED) is 0.745. The maximum Gasteiger partial charge on any atom is 0.234 e. The molecule has 158 valence electrons. The zero-order chi connectivity index (χ0) is 21.2. The van der Waals surface area contributed by atoms with Crippen molar-refractivity contribution in [1.82, 2.24) is 0 Å². The van der Waals surface area contributed by atoms with Crippen LogP contribution in [0.5, 0.6) is 11.5 Å². The Morgan fingerprint density at radius 3 is 2.68 bits per heavy atom. The molecule has 0 radical (unpaired) electrons. The third kappa shape index (κ3) is 2.84. The van der Waals surface area contributed by atoms with Gasteiger partial charge >= 0.3 is 0 Å². The van der Waals surface area contributed by atoms with E-state index in [4.69, 9.17) is 25.8 Å². The molecule has 4 aliphatic rings. The van der Waals surface area contributed by atoms with Crippen LogP contribution in [0.2, 0.25) is 5.02 Å². The molecule has 1 spiro atoms. The molecule has 2 fully saturated rings. The molecule has 2 bridgehead atoms. The Kier molecular flexibility index (Phi) is 4.07. The van der Waals surface area contributed by atoms with E-state index in [9.17, 15) is 9.59 Å². The lowest BCUT2D eigenvalue weighted by Gasteiger charge is -2.24. The second-order valence-corrected chi connectivity index (χ2v) is 8.58. The normalized spacial score (nSPS) is 29.9. The molecule has 0 aliphatic carbocycles. The van der Waals surface area contributed by atoms with Crippen LogP contribution >= 0.6 is 11.6 Å². The van der Waals surface area contributed by atoms with E-state index in [1.54, 1.807) is 47.4 Å². The lowest BCUT2D eigenvalue weighted by Crippen LogP contribution is -2.41. The lowest BCUT2D eigenvalue weighted by atomic mass is 9.77. The van der Waals surface area contributed by atoms with E-state index in [1.165, 1.54) is 0 Å². The van der Waals surface area contributed by atoms with E-state index < -0.39 is 23.5 Å². The number of benzene rings is 2. The molecular formula is C23H19ClN2O5. The fraction of sp³-hybridized carbons (Fsp3) is 0.304. The monoisotopic (exact) mass is 438 g/mol. The first-order chi connectivity index (χ1) is 15.0. The molecule has 1 N–H and O–H groups in total. The number of nitrogens with one attached hydrogen (secondary N) is 1. The topological polar surface area (TPSA) is 77.1 Å². The van der Waals surface area contributed by atoms with Gasteiger partial charge in [0.1, 0.15) is 18.8 Å². The van der Waals surface area contributed by atoms with Crippen molar-refractivity contribution in [2.24, 2.45) is 11.8 Å². The summed E-state index contributed by atoms with van der Waals surface area (Å²) in [6.45, 7) is 1.34. The molecule has 6 rings (SSSR count). The van der Waals surface area contributed by atoms with Crippen molar-refractivity contribution in [1.29, 1.82) is 0 Å². The molecule has 0 unspecified atom stereocenters. The van der Waals surface area contributed by atoms with Crippen molar-refractivity contribution in [3.8, 4) is 11.5 Å². The summed E-state index contributed by atoms with van der Waals surface area (Å²) in [6, 6.07) is 12.4. The Morgan fingerprint density at radius 1 is 1.10 bits per heavy atom. The summed E-state index contributed by atoms with van der Waals surface area (Å²) in [4.78, 5) is 28.3. The van der Waals surface area contributed by atoms with Crippen LogP contribution in [0.3, 0.4) is 0 Å². The second-order valence-electron chi connectivity index (χ2n) is 8.15. The van der Waals surface area contributed by atoms with Gasteiger partial charge < -0.3 is 24.4 Å². The maximum absolute atomic E-state index is 13.4. The van der Waals surface area contributed by atoms with E-state index in [0.29, 0.717) is 42.0 Å². The first kappa shape index (κ1) is 18.7. The molecule has 2 aromatic carbocycles. The molecular weight excluding hydrogens is 420 g/mol. The summed E-state index contributed by atoms with van der Waals surface area (Å²) >= 11 is 5.99. The van der Waals surface area contributed by atoms with E-state index in [1.807, 2.05) is 12.2 Å². The number of carbonyl (C=O) groups excluding carboxylic acids is 2. The average Bonchev–Trinajstić information content (AvgIpc) is 3.42. The van der Waals surface area contributed by atoms with Crippen molar-refractivity contribution in [3.63, 3.8) is 0 Å². The van der Waals surface area contributed by atoms with Gasteiger partial charge in [-0.1, -0.05) is 23.8 Å². The van der Waals surface area contributed by atoms with Crippen molar-refractivity contribution in [3.05, 3.63) is 59.6 Å². The summed E-state index contributed by atoms with van der Waals surface area (Å²) in [5.74, 6) is -0.298. The number of carbonyl (C=O) groups is 2. The first-order valence-electron chi connectivity index (χ1n) is 10.2. The van der Waals surface area contributed by atoms with Crippen molar-refractivity contribution in [2.45, 2.75) is 11.7 Å². The van der Waals surface area contributed by atoms with Crippen LogP contribution in [-0.2, 0) is 14.3 Å². The summed E-state index contributed by atoms with van der Waals surface area (Å²) in [7, 11) is 0. The Hall–Kier alpha value is -3.03. The number of hydrogen-bond acceptors (Lipinski definition) is 5. The number of rotatable bonds is 3. The molecule has 0 aromatic heterocycles. The minimum Gasteiger partial charge on any atom is -0.486 e. The molecule has 2 saturated heterocycles. The van der Waals surface area contributed by atoms with E-state index in [0.717, 1.165) is 5.69 Å². The molecule has 31 heavy (non-hydrogen) atoms.